The maximum Gasteiger partial charge on any atom is 1.00 e. The molecule has 3 aromatic carbocycles. The van der Waals surface area contributed by atoms with Gasteiger partial charge in [0, 0.05) is 58.7 Å². The number of carbonyl (C=O) groups excluding carboxylic acids is 6. The van der Waals surface area contributed by atoms with Crippen LogP contribution in [0.4, 0.5) is 65.9 Å². The van der Waals surface area contributed by atoms with Crippen LogP contribution >= 0.6 is 60.4 Å². The van der Waals surface area contributed by atoms with Gasteiger partial charge in [-0.3, -0.25) is 19.2 Å². The van der Waals surface area contributed by atoms with Gasteiger partial charge in [-0.2, -0.15) is 12.6 Å². The van der Waals surface area contributed by atoms with Crippen molar-refractivity contribution in [2.24, 2.45) is 0 Å². The summed E-state index contributed by atoms with van der Waals surface area (Å²) < 4.78 is 225. The number of ether oxygens (including phenoxy) is 6. The van der Waals surface area contributed by atoms with E-state index in [4.69, 9.17) is 29.2 Å². The van der Waals surface area contributed by atoms with Crippen LogP contribution in [0.25, 0.3) is 0 Å². The molecule has 662 valence electrons. The average molecular weight is 1780 g/mol. The maximum atomic E-state index is 13.5. The Kier molecular flexibility index (Phi) is 84.9. The molecule has 2 N–H and O–H groups in total. The molecule has 0 amide bonds. The Morgan fingerprint density at radius 1 is 0.348 bits per heavy atom. The molecular weight excluding hydrogens is 1660 g/mol. The van der Waals surface area contributed by atoms with E-state index in [1.165, 1.54) is 165 Å². The fourth-order valence-corrected chi connectivity index (χ4v) is 11.5. The Hall–Kier alpha value is -3.58. The second-order valence-electron chi connectivity index (χ2n) is 25.3. The third kappa shape index (κ3) is 63.1. The van der Waals surface area contributed by atoms with Crippen molar-refractivity contribution >= 4 is 92.9 Å². The predicted octanol–water partition coefficient (Wildman–Crippen LogP) is 20.4. The molecule has 35 heteroatoms. The summed E-state index contributed by atoms with van der Waals surface area (Å²) in [6.07, 6.45) is 43.4. The van der Waals surface area contributed by atoms with Crippen LogP contribution < -0.4 is 29.6 Å². The molecule has 0 bridgehead atoms. The number of thiol groups is 2. The number of carbonyl (C=O) groups is 6. The van der Waals surface area contributed by atoms with Gasteiger partial charge in [0.25, 0.3) is 5.24 Å². The van der Waals surface area contributed by atoms with E-state index in [2.05, 4.69) is 52.9 Å². The average Bonchev–Trinajstić information content (AvgIpc) is 0.818. The number of halogens is 16. The zero-order valence-corrected chi connectivity index (χ0v) is 72.4. The normalized spacial score (nSPS) is 10.5. The van der Waals surface area contributed by atoms with Crippen molar-refractivity contribution in [3.05, 3.63) is 117 Å². The summed E-state index contributed by atoms with van der Waals surface area (Å²) in [4.78, 5) is 64.4. The molecule has 115 heavy (non-hydrogen) atoms. The molecule has 0 radical (unpaired) electrons. The van der Waals surface area contributed by atoms with Crippen LogP contribution in [0.2, 0.25) is 0 Å². The van der Waals surface area contributed by atoms with Gasteiger partial charge in [0.2, 0.25) is 17.5 Å². The van der Waals surface area contributed by atoms with Crippen molar-refractivity contribution < 1.29 is 164 Å². The van der Waals surface area contributed by atoms with Gasteiger partial charge in [0.05, 0.1) is 39.6 Å². The van der Waals surface area contributed by atoms with Crippen molar-refractivity contribution in [2.75, 3.05) is 96.5 Å². The summed E-state index contributed by atoms with van der Waals surface area (Å²) in [5.41, 5.74) is -4.87. The number of esters is 2. The van der Waals surface area contributed by atoms with Crippen molar-refractivity contribution in [1.29, 1.82) is 0 Å². The van der Waals surface area contributed by atoms with Gasteiger partial charge >= 0.3 is 41.5 Å². The molecule has 0 unspecified atom stereocenters. The summed E-state index contributed by atoms with van der Waals surface area (Å²) in [5.74, 6) is -34.0. The predicted molar refractivity (Wildman–Crippen MR) is 426 cm³/mol. The van der Waals surface area contributed by atoms with Gasteiger partial charge in [0.1, 0.15) is 29.9 Å². The molecule has 0 aliphatic heterocycles. The molecule has 0 aliphatic carbocycles. The zero-order chi connectivity index (χ0) is 85.6. The molecule has 14 nitrogen and oxygen atoms in total. The van der Waals surface area contributed by atoms with E-state index in [0.29, 0.717) is 26.4 Å². The van der Waals surface area contributed by atoms with Crippen LogP contribution in [0, 0.1) is 87.3 Å². The number of allylic oxidation sites excluding steroid dienone is 1. The second-order valence-corrected chi connectivity index (χ2v) is 29.3. The zero-order valence-electron chi connectivity index (χ0n) is 67.2. The van der Waals surface area contributed by atoms with Crippen molar-refractivity contribution in [3.63, 3.8) is 0 Å². The first-order valence-electron chi connectivity index (χ1n) is 38.3. The van der Waals surface area contributed by atoms with Crippen molar-refractivity contribution in [2.45, 2.75) is 253 Å². The van der Waals surface area contributed by atoms with Crippen LogP contribution in [0.1, 0.15) is 285 Å². The molecule has 0 saturated carbocycles. The van der Waals surface area contributed by atoms with E-state index in [-0.39, 0.29) is 93.4 Å². The maximum absolute atomic E-state index is 13.5. The molecule has 0 spiro atoms. The van der Waals surface area contributed by atoms with E-state index in [1.807, 2.05) is 6.08 Å². The number of rotatable bonds is 58. The second kappa shape index (κ2) is 81.4. The van der Waals surface area contributed by atoms with Gasteiger partial charge in [-0.1, -0.05) is 204 Å². The SMILES string of the molecule is C.C=CCCCCCCCCCOCCO.CC(=O)S.CC(=O)SCCCCCCCCCCCOCCO.CC(=O)SCCCCCCCCCCCOCCOC(=O)c1c(F)c(F)c(F)c(F)c1F.O=C(Cl)c1c(F)c(F)c(F)c(F)c1F.O=C(OCCOCCCCCCCCCCCS)c1c(F)c(F)c(F)c(F)c1F.[H-].[Na+]. The van der Waals surface area contributed by atoms with E-state index < -0.39 is 121 Å². The van der Waals surface area contributed by atoms with E-state index >= 15 is 0 Å². The van der Waals surface area contributed by atoms with E-state index in [0.717, 1.165) is 120 Å². The molecule has 0 saturated heterocycles. The molecule has 3 aromatic rings. The summed E-state index contributed by atoms with van der Waals surface area (Å²) in [6, 6.07) is 0. The quantitative estimate of drug-likeness (QED) is 0.00479. The monoisotopic (exact) mass is 1780 g/mol. The standard InChI is InChI=1S/C22H29F5O4S.C20H27F5O3S.C15H30O3S.C13H26O2.C7ClF5O.C2H4OS.CH4.Na.H/c1-15(28)32-14-10-8-6-4-2-3-5-7-9-11-30-12-13-31-22(29)16-17(23)19(25)21(27)20(26)18(16)24;21-15-14(16(22)18(24)19(25)17(15)23)20(26)28-12-11-27-10-8-6-4-2-1-3-5-7-9-13-29;1-15(17)19-14-10-8-6-4-2-3-5-7-9-12-18-13-11-16;1-2-3-4-5-6-7-8-9-10-12-15-13-11-14;8-7(14)1-2(9)4(11)6(13)5(12)3(1)10;1-2(3)4;;;/h2-14H2,1H3;29H,1-13H2;16H,2-14H2,1H3;2,14H,1,3-13H2;;1H3,(H,3,4);1H4;;/q;;;;;;;+1;-1. The van der Waals surface area contributed by atoms with Crippen molar-refractivity contribution in [3.8, 4) is 0 Å². The molecule has 0 atom stereocenters. The number of aliphatic hydroxyl groups is 2. The first-order chi connectivity index (χ1) is 54.0. The third-order valence-electron chi connectivity index (χ3n) is 15.7. The summed E-state index contributed by atoms with van der Waals surface area (Å²) >= 11 is 15.0. The third-order valence-corrected chi connectivity index (χ3v) is 18.1. The fraction of sp³-hybridized carbons (Fsp3) is 0.675. The Balaban J connectivity index is -0.000000331. The minimum atomic E-state index is -2.33. The number of hydrogen-bond acceptors (Lipinski definition) is 17. The molecule has 0 aromatic heterocycles. The van der Waals surface area contributed by atoms with Crippen molar-refractivity contribution in [1.82, 2.24) is 0 Å². The minimum Gasteiger partial charge on any atom is -1.00 e. The van der Waals surface area contributed by atoms with Crippen LogP contribution in [0.15, 0.2) is 12.7 Å². The first-order valence-corrected chi connectivity index (χ1v) is 41.7. The molecular formula is C80H121ClF15NaO14S4. The number of benzene rings is 3. The van der Waals surface area contributed by atoms with Crippen LogP contribution in [0.3, 0.4) is 0 Å². The van der Waals surface area contributed by atoms with Gasteiger partial charge < -0.3 is 40.1 Å². The molecule has 0 heterocycles. The Morgan fingerprint density at radius 3 is 0.783 bits per heavy atom. The molecule has 0 aliphatic rings. The first kappa shape index (κ1) is 120. The van der Waals surface area contributed by atoms with Gasteiger partial charge in [-0.05, 0) is 75.1 Å². The summed E-state index contributed by atoms with van der Waals surface area (Å²) in [5, 5.41) is 15.5. The van der Waals surface area contributed by atoms with Crippen LogP contribution in [-0.2, 0) is 42.8 Å². The van der Waals surface area contributed by atoms with Gasteiger partial charge in [0.15, 0.2) is 85.2 Å². The summed E-state index contributed by atoms with van der Waals surface area (Å²) in [7, 11) is 0. The topological polar surface area (TPSA) is 198 Å². The molecule has 0 fully saturated rings. The van der Waals surface area contributed by atoms with E-state index in [1.54, 1.807) is 13.8 Å². The molecule has 3 rings (SSSR count). The van der Waals surface area contributed by atoms with Gasteiger partial charge in [-0.15, -0.1) is 19.2 Å². The fourth-order valence-electron chi connectivity index (χ4n) is 9.86. The Bertz CT molecular complexity index is 3010. The number of thioether (sulfide) groups is 2. The van der Waals surface area contributed by atoms with Crippen LogP contribution in [0.5, 0.6) is 0 Å². The number of hydrogen-bond donors (Lipinski definition) is 4. The van der Waals surface area contributed by atoms with Crippen LogP contribution in [-0.4, -0.2) is 139 Å². The number of unbranched alkanes of at least 4 members (excludes halogenated alkanes) is 31. The summed E-state index contributed by atoms with van der Waals surface area (Å²) in [6.45, 7) is 11.2. The minimum absolute atomic E-state index is 0. The Labute approximate surface area is 718 Å². The largest absolute Gasteiger partial charge is 1.00 e. The number of aliphatic hydroxyl groups excluding tert-OH is 2. The Morgan fingerprint density at radius 2 is 0.557 bits per heavy atom. The van der Waals surface area contributed by atoms with E-state index in [9.17, 15) is 94.6 Å². The van der Waals surface area contributed by atoms with Gasteiger partial charge in [-0.25, -0.2) is 75.4 Å². The smallest absolute Gasteiger partial charge is 1.00 e.